The maximum atomic E-state index is 12.8. The van der Waals surface area contributed by atoms with Gasteiger partial charge in [-0.05, 0) is 61.6 Å². The van der Waals surface area contributed by atoms with Crippen LogP contribution in [0.5, 0.6) is 5.75 Å². The van der Waals surface area contributed by atoms with Crippen LogP contribution in [-0.2, 0) is 21.2 Å². The fourth-order valence-corrected chi connectivity index (χ4v) is 5.29. The van der Waals surface area contributed by atoms with E-state index in [1.807, 2.05) is 24.3 Å². The zero-order valence-corrected chi connectivity index (χ0v) is 18.6. The van der Waals surface area contributed by atoms with E-state index in [9.17, 15) is 13.2 Å². The first-order valence-electron chi connectivity index (χ1n) is 10.1. The molecule has 1 heterocycles. The quantitative estimate of drug-likeness (QED) is 0.624. The van der Waals surface area contributed by atoms with Crippen molar-refractivity contribution in [2.45, 2.75) is 30.6 Å². The van der Waals surface area contributed by atoms with Gasteiger partial charge in [0.15, 0.2) is 0 Å². The zero-order valence-electron chi connectivity index (χ0n) is 17.0. The fourth-order valence-electron chi connectivity index (χ4n) is 3.59. The Morgan fingerprint density at radius 3 is 2.43 bits per heavy atom. The van der Waals surface area contributed by atoms with Gasteiger partial charge in [-0.1, -0.05) is 29.8 Å². The Balaban J connectivity index is 1.45. The number of aryl methyl sites for hydroxylation is 1. The van der Waals surface area contributed by atoms with E-state index in [-0.39, 0.29) is 16.7 Å². The van der Waals surface area contributed by atoms with Gasteiger partial charge < -0.3 is 10.1 Å². The van der Waals surface area contributed by atoms with Crippen molar-refractivity contribution in [3.05, 3.63) is 59.1 Å². The number of methoxy groups -OCH3 is 1. The van der Waals surface area contributed by atoms with Crippen molar-refractivity contribution in [1.82, 2.24) is 9.62 Å². The number of nitrogens with zero attached hydrogens (tertiary/aromatic N) is 1. The molecule has 30 heavy (non-hydrogen) atoms. The van der Waals surface area contributed by atoms with Gasteiger partial charge in [-0.2, -0.15) is 4.31 Å². The molecule has 1 aliphatic heterocycles. The van der Waals surface area contributed by atoms with E-state index >= 15 is 0 Å². The van der Waals surface area contributed by atoms with Crippen LogP contribution in [0, 0.1) is 5.92 Å². The summed E-state index contributed by atoms with van der Waals surface area (Å²) < 4.78 is 32.2. The van der Waals surface area contributed by atoms with Crippen LogP contribution < -0.4 is 10.1 Å². The molecule has 2 aromatic carbocycles. The van der Waals surface area contributed by atoms with E-state index in [0.717, 1.165) is 23.4 Å². The molecule has 8 heteroatoms. The van der Waals surface area contributed by atoms with Gasteiger partial charge >= 0.3 is 0 Å². The molecule has 1 N–H and O–H groups in total. The number of benzene rings is 2. The number of piperidine rings is 1. The molecular weight excluding hydrogens is 424 g/mol. The summed E-state index contributed by atoms with van der Waals surface area (Å²) in [5.41, 5.74) is 1.07. The molecule has 0 radical (unpaired) electrons. The SMILES string of the molecule is COc1ccc(S(=O)(=O)N2CCC(C(=O)NCCCc3ccccc3Cl)CC2)cc1. The van der Waals surface area contributed by atoms with Crippen molar-refractivity contribution >= 4 is 27.5 Å². The molecule has 0 unspecified atom stereocenters. The molecule has 2 aromatic rings. The van der Waals surface area contributed by atoms with Gasteiger partial charge in [0.25, 0.3) is 0 Å². The third kappa shape index (κ3) is 5.53. The van der Waals surface area contributed by atoms with Gasteiger partial charge in [0.2, 0.25) is 15.9 Å². The number of carbonyl (C=O) groups excluding carboxylic acids is 1. The molecule has 0 spiro atoms. The summed E-state index contributed by atoms with van der Waals surface area (Å²) in [5.74, 6) is 0.446. The summed E-state index contributed by atoms with van der Waals surface area (Å²) in [6.45, 7) is 1.26. The van der Waals surface area contributed by atoms with Crippen molar-refractivity contribution in [1.29, 1.82) is 0 Å². The average Bonchev–Trinajstić information content (AvgIpc) is 2.77. The highest BCUT2D eigenvalue weighted by Gasteiger charge is 2.31. The highest BCUT2D eigenvalue weighted by molar-refractivity contribution is 7.89. The zero-order chi connectivity index (χ0) is 21.6. The molecule has 0 saturated carbocycles. The highest BCUT2D eigenvalue weighted by atomic mass is 35.5. The second kappa shape index (κ2) is 10.3. The lowest BCUT2D eigenvalue weighted by atomic mass is 9.97. The predicted molar refractivity (Wildman–Crippen MR) is 117 cm³/mol. The third-order valence-corrected chi connectivity index (χ3v) is 7.68. The monoisotopic (exact) mass is 450 g/mol. The molecule has 162 valence electrons. The molecule has 0 atom stereocenters. The summed E-state index contributed by atoms with van der Waals surface area (Å²) in [7, 11) is -2.02. The number of amides is 1. The second-order valence-corrected chi connectivity index (χ2v) is 9.69. The van der Waals surface area contributed by atoms with Gasteiger partial charge in [-0.25, -0.2) is 8.42 Å². The smallest absolute Gasteiger partial charge is 0.243 e. The summed E-state index contributed by atoms with van der Waals surface area (Å²) in [5, 5.41) is 3.72. The molecule has 0 bridgehead atoms. The van der Waals surface area contributed by atoms with E-state index in [4.69, 9.17) is 16.3 Å². The second-order valence-electron chi connectivity index (χ2n) is 7.34. The molecule has 1 saturated heterocycles. The van der Waals surface area contributed by atoms with Crippen molar-refractivity contribution < 1.29 is 17.9 Å². The normalized spacial score (nSPS) is 15.7. The number of rotatable bonds is 8. The van der Waals surface area contributed by atoms with Crippen LogP contribution in [0.2, 0.25) is 5.02 Å². The number of sulfonamides is 1. The molecule has 3 rings (SSSR count). The van der Waals surface area contributed by atoms with Crippen LogP contribution >= 0.6 is 11.6 Å². The Hall–Kier alpha value is -2.09. The van der Waals surface area contributed by atoms with Crippen LogP contribution in [0.15, 0.2) is 53.4 Å². The Morgan fingerprint density at radius 2 is 1.80 bits per heavy atom. The summed E-state index contributed by atoms with van der Waals surface area (Å²) in [6.07, 6.45) is 2.65. The van der Waals surface area contributed by atoms with Gasteiger partial charge in [0.1, 0.15) is 5.75 Å². The van der Waals surface area contributed by atoms with E-state index in [2.05, 4.69) is 5.32 Å². The maximum absolute atomic E-state index is 12.8. The van der Waals surface area contributed by atoms with Crippen molar-refractivity contribution in [2.24, 2.45) is 5.92 Å². The van der Waals surface area contributed by atoms with Crippen LogP contribution in [0.25, 0.3) is 0 Å². The lowest BCUT2D eigenvalue weighted by Gasteiger charge is -2.30. The Morgan fingerprint density at radius 1 is 1.13 bits per heavy atom. The summed E-state index contributed by atoms with van der Waals surface area (Å²) in [4.78, 5) is 12.7. The lowest BCUT2D eigenvalue weighted by molar-refractivity contribution is -0.126. The number of halogens is 1. The number of carbonyl (C=O) groups is 1. The number of hydrogen-bond donors (Lipinski definition) is 1. The van der Waals surface area contributed by atoms with Crippen molar-refractivity contribution in [2.75, 3.05) is 26.7 Å². The standard InChI is InChI=1S/C22H27ClN2O4S/c1-29-19-8-10-20(11-9-19)30(27,28)25-15-12-18(13-16-25)22(26)24-14-4-6-17-5-2-3-7-21(17)23/h2-3,5,7-11,18H,4,6,12-16H2,1H3,(H,24,26). The van der Waals surface area contributed by atoms with Crippen molar-refractivity contribution in [3.63, 3.8) is 0 Å². The first kappa shape index (κ1) is 22.6. The molecule has 0 aliphatic carbocycles. The molecular formula is C22H27ClN2O4S. The van der Waals surface area contributed by atoms with Crippen LogP contribution in [0.1, 0.15) is 24.8 Å². The molecule has 1 amide bonds. The average molecular weight is 451 g/mol. The van der Waals surface area contributed by atoms with Gasteiger partial charge in [0, 0.05) is 30.6 Å². The maximum Gasteiger partial charge on any atom is 0.243 e. The van der Waals surface area contributed by atoms with E-state index < -0.39 is 10.0 Å². The minimum Gasteiger partial charge on any atom is -0.497 e. The number of nitrogens with one attached hydrogen (secondary N) is 1. The van der Waals surface area contributed by atoms with E-state index in [1.54, 1.807) is 24.3 Å². The molecule has 6 nitrogen and oxygen atoms in total. The lowest BCUT2D eigenvalue weighted by Crippen LogP contribution is -2.43. The van der Waals surface area contributed by atoms with Gasteiger partial charge in [0.05, 0.1) is 12.0 Å². The molecule has 1 aliphatic rings. The highest BCUT2D eigenvalue weighted by Crippen LogP contribution is 2.25. The van der Waals surface area contributed by atoms with Gasteiger partial charge in [-0.15, -0.1) is 0 Å². The number of ether oxygens (including phenoxy) is 1. The van der Waals surface area contributed by atoms with Crippen molar-refractivity contribution in [3.8, 4) is 5.75 Å². The Labute approximate surface area is 183 Å². The largest absolute Gasteiger partial charge is 0.497 e. The Kier molecular flexibility index (Phi) is 7.75. The fraction of sp³-hybridized carbons (Fsp3) is 0.409. The van der Waals surface area contributed by atoms with Crippen LogP contribution in [0.3, 0.4) is 0 Å². The molecule has 0 aromatic heterocycles. The summed E-state index contributed by atoms with van der Waals surface area (Å²) >= 11 is 6.15. The molecule has 1 fully saturated rings. The van der Waals surface area contributed by atoms with Crippen LogP contribution in [-0.4, -0.2) is 45.4 Å². The Bertz CT molecular complexity index is 955. The van der Waals surface area contributed by atoms with Crippen LogP contribution in [0.4, 0.5) is 0 Å². The minimum absolute atomic E-state index is 0.00402. The topological polar surface area (TPSA) is 75.7 Å². The van der Waals surface area contributed by atoms with E-state index in [1.165, 1.54) is 11.4 Å². The third-order valence-electron chi connectivity index (χ3n) is 5.40. The first-order chi connectivity index (χ1) is 14.4. The first-order valence-corrected chi connectivity index (χ1v) is 11.9. The van der Waals surface area contributed by atoms with Gasteiger partial charge in [-0.3, -0.25) is 4.79 Å². The predicted octanol–water partition coefficient (Wildman–Crippen LogP) is 3.50. The minimum atomic E-state index is -3.56. The number of hydrogen-bond acceptors (Lipinski definition) is 4. The van der Waals surface area contributed by atoms with E-state index in [0.29, 0.717) is 38.2 Å². The summed E-state index contributed by atoms with van der Waals surface area (Å²) in [6, 6.07) is 14.1.